The number of ether oxygens (including phenoxy) is 1. The Morgan fingerprint density at radius 3 is 2.90 bits per heavy atom. The molecule has 0 aromatic heterocycles. The lowest BCUT2D eigenvalue weighted by molar-refractivity contribution is -0.0524. The lowest BCUT2D eigenvalue weighted by atomic mass is 9.69. The van der Waals surface area contributed by atoms with E-state index >= 15 is 0 Å². The second-order valence-electron chi connectivity index (χ2n) is 7.74. The minimum atomic E-state index is 0.203. The van der Waals surface area contributed by atoms with Crippen LogP contribution in [0.4, 0.5) is 0 Å². The van der Waals surface area contributed by atoms with Crippen LogP contribution in [0.25, 0.3) is 0 Å². The van der Waals surface area contributed by atoms with Crippen molar-refractivity contribution in [3.05, 3.63) is 0 Å². The third-order valence-electron chi connectivity index (χ3n) is 5.63. The Morgan fingerprint density at radius 1 is 1.33 bits per heavy atom. The van der Waals surface area contributed by atoms with Crippen LogP contribution in [0.2, 0.25) is 0 Å². The molecular formula is C17H32N2O2. The van der Waals surface area contributed by atoms with Crippen LogP contribution in [0.15, 0.2) is 0 Å². The molecule has 1 saturated heterocycles. The normalized spacial score (nSPS) is 38.6. The average Bonchev–Trinajstić information content (AvgIpc) is 3.30. The largest absolute Gasteiger partial charge is 0.395 e. The number of hydrogen-bond donors (Lipinski definition) is 2. The summed E-state index contributed by atoms with van der Waals surface area (Å²) in [5.74, 6) is 0.841. The maximum Gasteiger partial charge on any atom is 0.0644 e. The molecule has 0 amide bonds. The highest BCUT2D eigenvalue weighted by Crippen LogP contribution is 2.40. The zero-order valence-electron chi connectivity index (χ0n) is 13.5. The molecule has 1 heterocycles. The highest BCUT2D eigenvalue weighted by molar-refractivity contribution is 4.94. The van der Waals surface area contributed by atoms with E-state index in [0.717, 1.165) is 38.2 Å². The van der Waals surface area contributed by atoms with Gasteiger partial charge in [0, 0.05) is 25.7 Å². The van der Waals surface area contributed by atoms with Crippen molar-refractivity contribution in [3.8, 4) is 0 Å². The molecule has 0 radical (unpaired) electrons. The summed E-state index contributed by atoms with van der Waals surface area (Å²) in [4.78, 5) is 2.50. The van der Waals surface area contributed by atoms with E-state index in [2.05, 4.69) is 17.1 Å². The fraction of sp³-hybridized carbons (Fsp3) is 1.00. The van der Waals surface area contributed by atoms with E-state index in [0.29, 0.717) is 12.0 Å². The lowest BCUT2D eigenvalue weighted by Gasteiger charge is -2.46. The average molecular weight is 296 g/mol. The van der Waals surface area contributed by atoms with Gasteiger partial charge >= 0.3 is 0 Å². The highest BCUT2D eigenvalue weighted by Gasteiger charge is 2.39. The predicted octanol–water partition coefficient (Wildman–Crippen LogP) is 1.63. The van der Waals surface area contributed by atoms with Crippen LogP contribution in [-0.4, -0.2) is 61.5 Å². The van der Waals surface area contributed by atoms with Crippen LogP contribution in [0.5, 0.6) is 0 Å². The molecule has 3 aliphatic rings. The summed E-state index contributed by atoms with van der Waals surface area (Å²) >= 11 is 0. The van der Waals surface area contributed by atoms with E-state index in [-0.39, 0.29) is 12.6 Å². The van der Waals surface area contributed by atoms with E-state index in [1.54, 1.807) is 0 Å². The van der Waals surface area contributed by atoms with Gasteiger partial charge in [-0.25, -0.2) is 0 Å². The van der Waals surface area contributed by atoms with E-state index in [4.69, 9.17) is 4.74 Å². The van der Waals surface area contributed by atoms with Crippen LogP contribution in [0.3, 0.4) is 0 Å². The molecule has 4 nitrogen and oxygen atoms in total. The van der Waals surface area contributed by atoms with Crippen molar-refractivity contribution < 1.29 is 9.84 Å². The number of nitrogens with one attached hydrogen (secondary N) is 1. The van der Waals surface area contributed by atoms with Crippen molar-refractivity contribution in [2.75, 3.05) is 39.5 Å². The van der Waals surface area contributed by atoms with Gasteiger partial charge in [-0.3, -0.25) is 4.90 Å². The second kappa shape index (κ2) is 6.95. The van der Waals surface area contributed by atoms with Crippen molar-refractivity contribution in [2.45, 2.75) is 57.5 Å². The topological polar surface area (TPSA) is 44.7 Å². The molecular weight excluding hydrogens is 264 g/mol. The molecule has 1 aliphatic heterocycles. The minimum Gasteiger partial charge on any atom is -0.395 e. The minimum absolute atomic E-state index is 0.203. The molecule has 2 saturated carbocycles. The molecule has 0 bridgehead atoms. The first-order valence-electron chi connectivity index (χ1n) is 8.87. The van der Waals surface area contributed by atoms with E-state index in [1.165, 1.54) is 38.5 Å². The first-order valence-corrected chi connectivity index (χ1v) is 8.87. The Labute approximate surface area is 129 Å². The van der Waals surface area contributed by atoms with Crippen molar-refractivity contribution in [2.24, 2.45) is 11.3 Å². The van der Waals surface area contributed by atoms with Crippen LogP contribution in [0.1, 0.15) is 45.4 Å². The summed E-state index contributed by atoms with van der Waals surface area (Å²) in [5, 5.41) is 13.4. The zero-order valence-corrected chi connectivity index (χ0v) is 13.5. The zero-order chi connectivity index (χ0) is 14.7. The Bertz CT molecular complexity index is 335. The van der Waals surface area contributed by atoms with E-state index in [9.17, 15) is 5.11 Å². The molecule has 3 rings (SSSR count). The third-order valence-corrected chi connectivity index (χ3v) is 5.63. The van der Waals surface area contributed by atoms with E-state index < -0.39 is 0 Å². The monoisotopic (exact) mass is 296 g/mol. The van der Waals surface area contributed by atoms with Gasteiger partial charge < -0.3 is 15.2 Å². The number of aliphatic hydroxyl groups is 1. The number of hydrogen-bond acceptors (Lipinski definition) is 4. The summed E-state index contributed by atoms with van der Waals surface area (Å²) in [7, 11) is 0. The SMILES string of the molecule is CC1CCCC(CNC2CC2)(CN2CCOCC2CO)C1. The number of nitrogens with zero attached hydrogens (tertiary/aromatic N) is 1. The van der Waals surface area contributed by atoms with Crippen molar-refractivity contribution >= 4 is 0 Å². The Morgan fingerprint density at radius 2 is 2.19 bits per heavy atom. The first kappa shape index (κ1) is 15.7. The molecule has 122 valence electrons. The van der Waals surface area contributed by atoms with Crippen molar-refractivity contribution in [3.63, 3.8) is 0 Å². The van der Waals surface area contributed by atoms with Gasteiger partial charge in [0.1, 0.15) is 0 Å². The molecule has 4 heteroatoms. The van der Waals surface area contributed by atoms with Crippen molar-refractivity contribution in [1.29, 1.82) is 0 Å². The maximum absolute atomic E-state index is 9.62. The Hall–Kier alpha value is -0.160. The van der Waals surface area contributed by atoms with Gasteiger partial charge in [0.05, 0.1) is 25.9 Å². The molecule has 3 fully saturated rings. The van der Waals surface area contributed by atoms with Gasteiger partial charge in [0.25, 0.3) is 0 Å². The van der Waals surface area contributed by atoms with Gasteiger partial charge in [-0.05, 0) is 37.0 Å². The Balaban J connectivity index is 1.64. The van der Waals surface area contributed by atoms with Gasteiger partial charge in [-0.15, -0.1) is 0 Å². The molecule has 3 atom stereocenters. The molecule has 21 heavy (non-hydrogen) atoms. The molecule has 0 spiro atoms. The van der Waals surface area contributed by atoms with Crippen LogP contribution < -0.4 is 5.32 Å². The predicted molar refractivity (Wildman–Crippen MR) is 84.4 cm³/mol. The quantitative estimate of drug-likeness (QED) is 0.782. The first-order chi connectivity index (χ1) is 10.2. The summed E-state index contributed by atoms with van der Waals surface area (Å²) < 4.78 is 5.54. The van der Waals surface area contributed by atoms with Gasteiger partial charge in [-0.1, -0.05) is 19.8 Å². The van der Waals surface area contributed by atoms with Crippen LogP contribution >= 0.6 is 0 Å². The smallest absolute Gasteiger partial charge is 0.0644 e. The third kappa shape index (κ3) is 4.19. The fourth-order valence-corrected chi connectivity index (χ4v) is 4.27. The highest BCUT2D eigenvalue weighted by atomic mass is 16.5. The summed E-state index contributed by atoms with van der Waals surface area (Å²) in [5.41, 5.74) is 0.408. The Kier molecular flexibility index (Phi) is 5.20. The summed E-state index contributed by atoms with van der Waals surface area (Å²) in [6.07, 6.45) is 8.15. The second-order valence-corrected chi connectivity index (χ2v) is 7.74. The lowest BCUT2D eigenvalue weighted by Crippen LogP contribution is -2.54. The van der Waals surface area contributed by atoms with Gasteiger partial charge in [0.2, 0.25) is 0 Å². The maximum atomic E-state index is 9.62. The molecule has 2 N–H and O–H groups in total. The molecule has 0 aromatic carbocycles. The number of morpholine rings is 1. The van der Waals surface area contributed by atoms with Crippen LogP contribution in [-0.2, 0) is 4.74 Å². The van der Waals surface area contributed by atoms with Crippen molar-refractivity contribution in [1.82, 2.24) is 10.2 Å². The fourth-order valence-electron chi connectivity index (χ4n) is 4.27. The van der Waals surface area contributed by atoms with Gasteiger partial charge in [-0.2, -0.15) is 0 Å². The number of rotatable bonds is 6. The molecule has 2 aliphatic carbocycles. The molecule has 3 unspecified atom stereocenters. The standard InChI is InChI=1S/C17H32N2O2/c1-14-3-2-6-17(9-14,12-18-15-4-5-15)13-19-7-8-21-11-16(19)10-20/h14-16,18,20H,2-13H2,1H3. The van der Waals surface area contributed by atoms with Crippen LogP contribution in [0, 0.1) is 11.3 Å². The summed E-state index contributed by atoms with van der Waals surface area (Å²) in [6, 6.07) is 0.992. The van der Waals surface area contributed by atoms with Gasteiger partial charge in [0.15, 0.2) is 0 Å². The van der Waals surface area contributed by atoms with E-state index in [1.807, 2.05) is 0 Å². The number of aliphatic hydroxyl groups excluding tert-OH is 1. The molecule has 0 aromatic rings. The summed E-state index contributed by atoms with van der Waals surface area (Å²) in [6.45, 7) is 7.42.